The van der Waals surface area contributed by atoms with Crippen molar-refractivity contribution in [2.75, 3.05) is 6.54 Å². The van der Waals surface area contributed by atoms with Gasteiger partial charge in [0.1, 0.15) is 0 Å². The molecule has 0 fully saturated rings. The molecule has 65 heavy (non-hydrogen) atoms. The smallest absolute Gasteiger partial charge is 0.245 e. The topological polar surface area (TPSA) is 3.24 Å². The number of halogens is 6. The number of alkyl halides is 6. The fraction of sp³-hybridized carbons (Fsp3) is 0.556. The van der Waals surface area contributed by atoms with Crippen LogP contribution in [-0.2, 0) is 12.4 Å². The zero-order chi connectivity index (χ0) is 47.5. The zero-order valence-corrected chi connectivity index (χ0v) is 44.5. The molecule has 0 heterocycles. The summed E-state index contributed by atoms with van der Waals surface area (Å²) in [6.07, 6.45) is 5.62. The zero-order valence-electron chi connectivity index (χ0n) is 40.7. The van der Waals surface area contributed by atoms with Gasteiger partial charge < -0.3 is 0 Å². The van der Waals surface area contributed by atoms with Crippen LogP contribution in [0.1, 0.15) is 149 Å². The monoisotopic (exact) mass is 974 g/mol. The fourth-order valence-corrected chi connectivity index (χ4v) is 27.3. The molecule has 4 rings (SSSR count). The van der Waals surface area contributed by atoms with Gasteiger partial charge in [0.05, 0.1) is 27.3 Å². The van der Waals surface area contributed by atoms with Gasteiger partial charge in [-0.3, -0.25) is 0 Å². The molecule has 0 saturated carbocycles. The first-order valence-electron chi connectivity index (χ1n) is 25.1. The summed E-state index contributed by atoms with van der Waals surface area (Å²) in [6.45, 7) is 15.8. The van der Waals surface area contributed by atoms with Crippen molar-refractivity contribution in [1.29, 1.82) is 0 Å². The van der Waals surface area contributed by atoms with Gasteiger partial charge >= 0.3 is 12.4 Å². The lowest BCUT2D eigenvalue weighted by atomic mass is 10.2. The van der Waals surface area contributed by atoms with Crippen molar-refractivity contribution in [2.45, 2.75) is 187 Å². The maximum absolute atomic E-state index is 15.4. The van der Waals surface area contributed by atoms with E-state index in [-0.39, 0.29) is 10.6 Å². The minimum atomic E-state index is -4.66. The summed E-state index contributed by atoms with van der Waals surface area (Å²) in [4.78, 5) is 0. The van der Waals surface area contributed by atoms with E-state index in [0.29, 0.717) is 13.0 Å². The van der Waals surface area contributed by atoms with E-state index in [0.717, 1.165) is 106 Å². The second-order valence-corrected chi connectivity index (χ2v) is 32.2. The van der Waals surface area contributed by atoms with E-state index in [1.165, 1.54) is 58.8 Å². The Kier molecular flexibility index (Phi) is 23.0. The van der Waals surface area contributed by atoms with Gasteiger partial charge in [0.15, 0.2) is 0 Å². The minimum Gasteiger partial charge on any atom is -0.245 e. The minimum absolute atomic E-state index is 0.143. The first-order valence-corrected chi connectivity index (χ1v) is 32.9. The van der Waals surface area contributed by atoms with Gasteiger partial charge in [0, 0.05) is 33.3 Å². The van der Waals surface area contributed by atoms with E-state index in [9.17, 15) is 0 Å². The maximum atomic E-state index is 15.4. The van der Waals surface area contributed by atoms with Gasteiger partial charge in [0.2, 0.25) is 0 Å². The van der Waals surface area contributed by atoms with E-state index in [1.54, 1.807) is 24.3 Å². The van der Waals surface area contributed by atoms with Crippen LogP contribution < -0.4 is 31.6 Å². The molecule has 0 saturated heterocycles. The highest BCUT2D eigenvalue weighted by atomic mass is 31.2. The number of benzene rings is 4. The molecule has 0 aliphatic rings. The molecule has 4 aromatic carbocycles. The molecule has 4 aromatic rings. The molecule has 0 aliphatic carbocycles. The Morgan fingerprint density at radius 2 is 0.662 bits per heavy atom. The summed E-state index contributed by atoms with van der Waals surface area (Å²) in [5, 5.41) is 4.50. The van der Waals surface area contributed by atoms with E-state index in [1.807, 2.05) is 6.92 Å². The SMILES string of the molecule is CCCCN(P(c1ccc([Si](CCCC)(CCCC)CCCC)cc1)c1ccccc1C(F)(F)F)P(c1ccc([Si](CCCC)(CCCC)CCCC)cc1)c1ccccc1C(F)(F)F. The number of hydrogen-bond donors (Lipinski definition) is 0. The van der Waals surface area contributed by atoms with Crippen molar-refractivity contribution in [2.24, 2.45) is 0 Å². The van der Waals surface area contributed by atoms with E-state index < -0.39 is 55.8 Å². The molecule has 0 aromatic heterocycles. The second-order valence-electron chi connectivity index (χ2n) is 18.4. The van der Waals surface area contributed by atoms with Crippen molar-refractivity contribution in [1.82, 2.24) is 4.44 Å². The maximum Gasteiger partial charge on any atom is 0.417 e. The first-order chi connectivity index (χ1) is 31.2. The fourth-order valence-electron chi connectivity index (χ4n) is 9.80. The molecule has 0 radical (unpaired) electrons. The highest BCUT2D eigenvalue weighted by Gasteiger charge is 2.43. The summed E-state index contributed by atoms with van der Waals surface area (Å²) in [5.41, 5.74) is -1.44. The van der Waals surface area contributed by atoms with Crippen LogP contribution in [0.3, 0.4) is 0 Å². The summed E-state index contributed by atoms with van der Waals surface area (Å²) >= 11 is 0. The Hall–Kier alpha value is -2.29. The molecule has 0 aliphatic heterocycles. The second kappa shape index (κ2) is 27.0. The lowest BCUT2D eigenvalue weighted by Gasteiger charge is -2.41. The Labute approximate surface area is 394 Å². The third-order valence-corrected chi connectivity index (χ3v) is 30.2. The van der Waals surface area contributed by atoms with Crippen molar-refractivity contribution in [3.63, 3.8) is 0 Å². The van der Waals surface area contributed by atoms with Crippen molar-refractivity contribution < 1.29 is 26.3 Å². The molecule has 0 spiro atoms. The van der Waals surface area contributed by atoms with Crippen LogP contribution >= 0.6 is 16.1 Å². The summed E-state index contributed by atoms with van der Waals surface area (Å²) in [5.74, 6) is 0. The predicted molar refractivity (Wildman–Crippen MR) is 279 cm³/mol. The Morgan fingerprint density at radius 1 is 0.385 bits per heavy atom. The lowest BCUT2D eigenvalue weighted by molar-refractivity contribution is -0.137. The quantitative estimate of drug-likeness (QED) is 0.0298. The largest absolute Gasteiger partial charge is 0.417 e. The normalized spacial score (nSPS) is 13.7. The van der Waals surface area contributed by atoms with Gasteiger partial charge in [-0.15, -0.1) is 0 Å². The molecule has 0 bridgehead atoms. The Balaban J connectivity index is 2.10. The average molecular weight is 974 g/mol. The number of hydrogen-bond acceptors (Lipinski definition) is 1. The molecule has 1 nitrogen and oxygen atoms in total. The highest BCUT2D eigenvalue weighted by Crippen LogP contribution is 2.57. The van der Waals surface area contributed by atoms with Gasteiger partial charge in [0.25, 0.3) is 0 Å². The number of nitrogens with zero attached hydrogens (tertiary/aromatic N) is 1. The van der Waals surface area contributed by atoms with Crippen LogP contribution in [0.5, 0.6) is 0 Å². The Morgan fingerprint density at radius 3 is 0.923 bits per heavy atom. The molecular weight excluding hydrogens is 895 g/mol. The first kappa shape index (κ1) is 55.3. The molecule has 360 valence electrons. The van der Waals surface area contributed by atoms with Gasteiger partial charge in [-0.1, -0.05) is 264 Å². The van der Waals surface area contributed by atoms with Gasteiger partial charge in [-0.2, -0.15) is 26.3 Å². The predicted octanol–water partition coefficient (Wildman–Crippen LogP) is 16.3. The van der Waals surface area contributed by atoms with Crippen molar-refractivity contribution >= 4 is 63.9 Å². The van der Waals surface area contributed by atoms with Crippen LogP contribution in [0, 0.1) is 0 Å². The van der Waals surface area contributed by atoms with Crippen molar-refractivity contribution in [3.8, 4) is 0 Å². The summed E-state index contributed by atoms with van der Waals surface area (Å²) in [6, 6.07) is 36.0. The molecule has 0 amide bonds. The van der Waals surface area contributed by atoms with Crippen LogP contribution in [-0.4, -0.2) is 27.1 Å². The average Bonchev–Trinajstić information content (AvgIpc) is 3.30. The molecular formula is C54H79F6NP2Si2. The third kappa shape index (κ3) is 14.9. The van der Waals surface area contributed by atoms with Crippen LogP contribution in [0.15, 0.2) is 97.1 Å². The van der Waals surface area contributed by atoms with Crippen molar-refractivity contribution in [3.05, 3.63) is 108 Å². The summed E-state index contributed by atoms with van der Waals surface area (Å²) < 4.78 is 94.3. The molecule has 2 atom stereocenters. The number of unbranched alkanes of at least 4 members (excludes halogenated alkanes) is 7. The van der Waals surface area contributed by atoms with E-state index in [2.05, 4.69) is 94.5 Å². The lowest BCUT2D eigenvalue weighted by Crippen LogP contribution is -2.48. The van der Waals surface area contributed by atoms with E-state index in [4.69, 9.17) is 0 Å². The van der Waals surface area contributed by atoms with Crippen LogP contribution in [0.25, 0.3) is 0 Å². The van der Waals surface area contributed by atoms with Crippen LogP contribution in [0.2, 0.25) is 36.3 Å². The Bertz CT molecular complexity index is 1770. The van der Waals surface area contributed by atoms with E-state index >= 15 is 26.3 Å². The number of rotatable bonds is 29. The van der Waals surface area contributed by atoms with Gasteiger partial charge in [-0.05, 0) is 29.2 Å². The molecule has 0 N–H and O–H groups in total. The van der Waals surface area contributed by atoms with Gasteiger partial charge in [-0.25, -0.2) is 4.44 Å². The summed E-state index contributed by atoms with van der Waals surface area (Å²) in [7, 11) is -7.90. The third-order valence-electron chi connectivity index (χ3n) is 13.6. The van der Waals surface area contributed by atoms with Crippen LogP contribution in [0.4, 0.5) is 26.3 Å². The highest BCUT2D eigenvalue weighted by molar-refractivity contribution is 7.84. The molecule has 2 unspecified atom stereocenters. The molecule has 11 heteroatoms. The standard InChI is InChI=1S/C54H79F6NP2Si2/c1-8-15-38-61(62(51-28-24-22-26-49(51)53(55,56)57)45-30-34-47(35-31-45)64(39-16-9-2,40-17-10-3)41-18-11-4)63(52-29-25-23-27-50(52)54(58,59)60)46-32-36-48(37-33-46)65(42-19-12-5,43-20-13-6)44-21-14-7/h22-37H,8-21,38-44H2,1-7H3.